The number of piperidine rings is 2. The number of hydrogen-bond acceptors (Lipinski definition) is 6. The normalized spacial score (nSPS) is 18.1. The molecular weight excluding hydrogens is 713 g/mol. The fourth-order valence-electron chi connectivity index (χ4n) is 7.11. The van der Waals surface area contributed by atoms with Gasteiger partial charge in [0.05, 0.1) is 27.2 Å². The number of halogens is 7. The first-order valence-corrected chi connectivity index (χ1v) is 18.8. The summed E-state index contributed by atoms with van der Waals surface area (Å²) in [5.74, 6) is -1.20. The first kappa shape index (κ1) is 37.7. The molecule has 1 atom stereocenters. The lowest BCUT2D eigenvalue weighted by Crippen LogP contribution is -2.48. The van der Waals surface area contributed by atoms with Gasteiger partial charge in [-0.1, -0.05) is 42.5 Å². The maximum Gasteiger partial charge on any atom is 0.416 e. The SMILES string of the molecule is CS(=O)(=O)c1ccc2nc(-c3cccc(C(F)(F)F)c3)c(CN3CCC(N4CCC(F)CC4)CC3)c(C(=O)N[C@H](c3ccccc3)C(F)(F)F)c2c1. The number of rotatable bonds is 8. The largest absolute Gasteiger partial charge is 0.416 e. The fourth-order valence-corrected chi connectivity index (χ4v) is 7.76. The van der Waals surface area contributed by atoms with Gasteiger partial charge in [0.25, 0.3) is 5.91 Å². The Morgan fingerprint density at radius 1 is 0.885 bits per heavy atom. The fraction of sp³-hybridized carbons (Fsp3) is 0.405. The molecule has 278 valence electrons. The van der Waals surface area contributed by atoms with Crippen molar-refractivity contribution in [3.8, 4) is 11.3 Å². The molecule has 3 heterocycles. The number of fused-ring (bicyclic) bond motifs is 1. The van der Waals surface area contributed by atoms with Gasteiger partial charge >= 0.3 is 12.4 Å². The Morgan fingerprint density at radius 3 is 2.17 bits per heavy atom. The van der Waals surface area contributed by atoms with Gasteiger partial charge in [0.15, 0.2) is 15.9 Å². The predicted octanol–water partition coefficient (Wildman–Crippen LogP) is 7.76. The maximum atomic E-state index is 14.6. The van der Waals surface area contributed by atoms with Crippen molar-refractivity contribution in [3.63, 3.8) is 0 Å². The number of hydrogen-bond donors (Lipinski definition) is 1. The summed E-state index contributed by atoms with van der Waals surface area (Å²) in [7, 11) is -3.87. The monoisotopic (exact) mass is 750 g/mol. The van der Waals surface area contributed by atoms with Crippen molar-refractivity contribution in [1.82, 2.24) is 20.1 Å². The number of aromatic nitrogens is 1. The van der Waals surface area contributed by atoms with Crippen molar-refractivity contribution in [3.05, 3.63) is 95.1 Å². The van der Waals surface area contributed by atoms with Crippen LogP contribution in [0.5, 0.6) is 0 Å². The lowest BCUT2D eigenvalue weighted by Gasteiger charge is -2.41. The van der Waals surface area contributed by atoms with E-state index in [2.05, 4.69) is 15.2 Å². The molecule has 0 aliphatic carbocycles. The molecule has 0 unspecified atom stereocenters. The van der Waals surface area contributed by atoms with Gasteiger partial charge in [-0.05, 0) is 74.7 Å². The number of pyridine rings is 1. The van der Waals surface area contributed by atoms with Gasteiger partial charge in [-0.25, -0.2) is 17.8 Å². The van der Waals surface area contributed by atoms with E-state index in [1.165, 1.54) is 54.6 Å². The smallest absolute Gasteiger partial charge is 0.337 e. The molecule has 6 rings (SSSR count). The lowest BCUT2D eigenvalue weighted by atomic mass is 9.93. The summed E-state index contributed by atoms with van der Waals surface area (Å²) in [4.78, 5) is 23.0. The minimum absolute atomic E-state index is 0.00644. The summed E-state index contributed by atoms with van der Waals surface area (Å²) in [5.41, 5.74) is -1.57. The maximum absolute atomic E-state index is 14.6. The molecule has 2 aliphatic rings. The third-order valence-corrected chi connectivity index (χ3v) is 10.9. The highest BCUT2D eigenvalue weighted by molar-refractivity contribution is 7.90. The summed E-state index contributed by atoms with van der Waals surface area (Å²) in [5, 5.41) is 2.04. The number of amides is 1. The number of benzene rings is 3. The van der Waals surface area contributed by atoms with E-state index in [0.29, 0.717) is 51.9 Å². The highest BCUT2D eigenvalue weighted by atomic mass is 32.2. The predicted molar refractivity (Wildman–Crippen MR) is 182 cm³/mol. The van der Waals surface area contributed by atoms with Crippen LogP contribution in [0.2, 0.25) is 0 Å². The number of carbonyl (C=O) groups is 1. The topological polar surface area (TPSA) is 82.6 Å². The van der Waals surface area contributed by atoms with Gasteiger partial charge in [-0.3, -0.25) is 9.69 Å². The van der Waals surface area contributed by atoms with E-state index in [4.69, 9.17) is 0 Å². The molecule has 1 aromatic heterocycles. The van der Waals surface area contributed by atoms with Crippen molar-refractivity contribution in [1.29, 1.82) is 0 Å². The van der Waals surface area contributed by atoms with Gasteiger partial charge < -0.3 is 10.2 Å². The van der Waals surface area contributed by atoms with Crippen LogP contribution in [0.3, 0.4) is 0 Å². The molecule has 0 spiro atoms. The molecule has 0 bridgehead atoms. The van der Waals surface area contributed by atoms with Crippen LogP contribution in [0.25, 0.3) is 22.2 Å². The zero-order valence-corrected chi connectivity index (χ0v) is 29.0. The van der Waals surface area contributed by atoms with Gasteiger partial charge in [0, 0.05) is 48.4 Å². The second-order valence-corrected chi connectivity index (χ2v) is 15.4. The Labute approximate surface area is 296 Å². The number of carbonyl (C=O) groups excluding carboxylic acids is 1. The Kier molecular flexibility index (Phi) is 10.7. The molecule has 0 saturated carbocycles. The minimum atomic E-state index is -4.94. The van der Waals surface area contributed by atoms with E-state index < -0.39 is 45.9 Å². The van der Waals surface area contributed by atoms with Crippen molar-refractivity contribution in [2.75, 3.05) is 32.4 Å². The van der Waals surface area contributed by atoms with Crippen LogP contribution in [0.1, 0.15) is 58.8 Å². The molecule has 2 saturated heterocycles. The molecule has 2 fully saturated rings. The minimum Gasteiger partial charge on any atom is -0.337 e. The molecule has 0 radical (unpaired) electrons. The van der Waals surface area contributed by atoms with Crippen LogP contribution in [0.4, 0.5) is 30.7 Å². The highest BCUT2D eigenvalue weighted by Gasteiger charge is 2.43. The van der Waals surface area contributed by atoms with E-state index in [-0.39, 0.29) is 56.3 Å². The highest BCUT2D eigenvalue weighted by Crippen LogP contribution is 2.38. The molecule has 2 aliphatic heterocycles. The zero-order chi connectivity index (χ0) is 37.4. The van der Waals surface area contributed by atoms with Crippen LogP contribution in [-0.2, 0) is 22.6 Å². The van der Waals surface area contributed by atoms with Crippen LogP contribution < -0.4 is 5.32 Å². The molecule has 7 nitrogen and oxygen atoms in total. The molecule has 15 heteroatoms. The summed E-state index contributed by atoms with van der Waals surface area (Å²) < 4.78 is 125. The van der Waals surface area contributed by atoms with E-state index in [0.717, 1.165) is 24.5 Å². The van der Waals surface area contributed by atoms with E-state index in [1.54, 1.807) is 0 Å². The number of sulfone groups is 1. The van der Waals surface area contributed by atoms with E-state index >= 15 is 0 Å². The summed E-state index contributed by atoms with van der Waals surface area (Å²) in [6.45, 7) is 2.10. The Bertz CT molecular complexity index is 2030. The van der Waals surface area contributed by atoms with Crippen LogP contribution in [-0.4, -0.2) is 79.9 Å². The molecule has 1 N–H and O–H groups in total. The Morgan fingerprint density at radius 2 is 1.56 bits per heavy atom. The second kappa shape index (κ2) is 14.7. The average molecular weight is 751 g/mol. The number of alkyl halides is 7. The molecule has 1 amide bonds. The average Bonchev–Trinajstić information content (AvgIpc) is 3.10. The van der Waals surface area contributed by atoms with Crippen molar-refractivity contribution < 1.29 is 43.9 Å². The third-order valence-electron chi connectivity index (χ3n) is 9.83. The van der Waals surface area contributed by atoms with Gasteiger partial charge in [0.1, 0.15) is 6.17 Å². The first-order chi connectivity index (χ1) is 24.5. The Hall–Kier alpha value is -4.08. The van der Waals surface area contributed by atoms with Crippen molar-refractivity contribution >= 4 is 26.6 Å². The van der Waals surface area contributed by atoms with Crippen LogP contribution >= 0.6 is 0 Å². The molecule has 3 aromatic carbocycles. The standard InChI is InChI=1S/C37H37F7N4O3S/c1-52(50,51)28-10-11-31-29(21-28)32(35(49)46-34(37(42,43)44)23-6-3-2-4-7-23)30(33(45-31)24-8-5-9-25(20-24)36(39,40)41)22-47-16-14-27(15-17-47)48-18-12-26(38)13-19-48/h2-11,20-21,26-27,34H,12-19,22H2,1H3,(H,46,49)/t34-/m1/s1. The van der Waals surface area contributed by atoms with Gasteiger partial charge in [0.2, 0.25) is 0 Å². The number of nitrogens with one attached hydrogen (secondary N) is 1. The number of likely N-dealkylation sites (tertiary alicyclic amines) is 2. The Balaban J connectivity index is 1.50. The molecule has 4 aromatic rings. The van der Waals surface area contributed by atoms with Crippen molar-refractivity contribution in [2.45, 2.75) is 67.7 Å². The summed E-state index contributed by atoms with van der Waals surface area (Å²) in [6, 6.07) is 12.4. The first-order valence-electron chi connectivity index (χ1n) is 16.9. The number of nitrogens with zero attached hydrogens (tertiary/aromatic N) is 3. The van der Waals surface area contributed by atoms with E-state index in [1.807, 2.05) is 4.90 Å². The van der Waals surface area contributed by atoms with E-state index in [9.17, 15) is 43.9 Å². The summed E-state index contributed by atoms with van der Waals surface area (Å²) >= 11 is 0. The quantitative estimate of drug-likeness (QED) is 0.186. The zero-order valence-electron chi connectivity index (χ0n) is 28.1. The third kappa shape index (κ3) is 8.42. The second-order valence-electron chi connectivity index (χ2n) is 13.4. The van der Waals surface area contributed by atoms with Crippen molar-refractivity contribution in [2.24, 2.45) is 0 Å². The van der Waals surface area contributed by atoms with Crippen LogP contribution in [0.15, 0.2) is 77.7 Å². The molecule has 52 heavy (non-hydrogen) atoms. The van der Waals surface area contributed by atoms with Gasteiger partial charge in [-0.15, -0.1) is 0 Å². The summed E-state index contributed by atoms with van der Waals surface area (Å²) in [6.07, 6.45) is -7.35. The van der Waals surface area contributed by atoms with Crippen LogP contribution in [0, 0.1) is 0 Å². The lowest BCUT2D eigenvalue weighted by molar-refractivity contribution is -0.155. The molecular formula is C37H37F7N4O3S. The van der Waals surface area contributed by atoms with Gasteiger partial charge in [-0.2, -0.15) is 26.3 Å².